The maximum absolute atomic E-state index is 13.9. The molecule has 0 spiro atoms. The number of nitrogens with one attached hydrogen (secondary N) is 1. The molecule has 1 N–H and O–H groups in total. The number of anilines is 2. The average molecular weight is 678 g/mol. The number of Topliss-reactive ketones (excluding diaryl/α,β-unsaturated/α-hetero) is 1. The van der Waals surface area contributed by atoms with E-state index in [0.717, 1.165) is 11.1 Å². The minimum absolute atomic E-state index is 0.0441. The van der Waals surface area contributed by atoms with E-state index in [9.17, 15) is 19.2 Å². The summed E-state index contributed by atoms with van der Waals surface area (Å²) in [6, 6.07) is 32.4. The molecule has 0 fully saturated rings. The van der Waals surface area contributed by atoms with Crippen LogP contribution in [0.25, 0.3) is 0 Å². The Balaban J connectivity index is 1.50. The van der Waals surface area contributed by atoms with E-state index in [0.29, 0.717) is 29.3 Å². The fraction of sp³-hybridized carbons (Fsp3) is 0.317. The summed E-state index contributed by atoms with van der Waals surface area (Å²) in [4.78, 5) is 58.4. The number of amides is 3. The number of methoxy groups -OCH3 is 2. The number of hydrogen-bond donors (Lipinski definition) is 1. The second kappa shape index (κ2) is 17.3. The Morgan fingerprint density at radius 1 is 0.640 bits per heavy atom. The van der Waals surface area contributed by atoms with Crippen molar-refractivity contribution in [2.45, 2.75) is 45.6 Å². The van der Waals surface area contributed by atoms with Crippen molar-refractivity contribution in [3.05, 3.63) is 120 Å². The van der Waals surface area contributed by atoms with Crippen LogP contribution >= 0.6 is 0 Å². The molecule has 0 unspecified atom stereocenters. The Hall–Kier alpha value is -5.44. The van der Waals surface area contributed by atoms with Crippen molar-refractivity contribution in [3.8, 4) is 11.5 Å². The van der Waals surface area contributed by atoms with Crippen molar-refractivity contribution >= 4 is 34.9 Å². The van der Waals surface area contributed by atoms with E-state index in [4.69, 9.17) is 9.47 Å². The molecule has 0 bridgehead atoms. The smallest absolute Gasteiger partial charge is 0.249 e. The number of nitrogens with zero attached hydrogens (tertiary/aromatic N) is 2. The summed E-state index contributed by atoms with van der Waals surface area (Å²) >= 11 is 0. The third kappa shape index (κ3) is 10.0. The largest absolute Gasteiger partial charge is 0.497 e. The molecule has 0 saturated carbocycles. The first-order valence-corrected chi connectivity index (χ1v) is 16.7. The topological polar surface area (TPSA) is 105 Å². The van der Waals surface area contributed by atoms with E-state index in [2.05, 4.69) is 5.32 Å². The van der Waals surface area contributed by atoms with E-state index < -0.39 is 23.3 Å². The summed E-state index contributed by atoms with van der Waals surface area (Å²) in [7, 11) is 6.51. The standard InChI is InChI=1S/C41H47N3O6/c1-41(2,40(48)42-37(26-30-15-11-8-12-16-30)39(47)44(4)33-19-23-36(50-6)24-20-33)28-34(45)27-31(25-29-13-9-7-10-14-29)38(46)43(3)32-17-21-35(49-5)22-18-32/h7-24,31,37H,25-28H2,1-6H3,(H,42,48)/t31-,37+/m1/s1. The maximum atomic E-state index is 13.9. The zero-order valence-corrected chi connectivity index (χ0v) is 29.7. The molecule has 0 aliphatic carbocycles. The van der Waals surface area contributed by atoms with Crippen LogP contribution < -0.4 is 24.6 Å². The first kappa shape index (κ1) is 37.4. The van der Waals surface area contributed by atoms with Gasteiger partial charge in [-0.3, -0.25) is 19.2 Å². The lowest BCUT2D eigenvalue weighted by Crippen LogP contribution is -2.52. The fourth-order valence-electron chi connectivity index (χ4n) is 5.84. The normalized spacial score (nSPS) is 12.3. The van der Waals surface area contributed by atoms with Gasteiger partial charge >= 0.3 is 0 Å². The predicted octanol–water partition coefficient (Wildman–Crippen LogP) is 6.29. The summed E-state index contributed by atoms with van der Waals surface area (Å²) in [5.41, 5.74) is 1.97. The van der Waals surface area contributed by atoms with Crippen LogP contribution in [0.4, 0.5) is 11.4 Å². The van der Waals surface area contributed by atoms with E-state index in [1.165, 1.54) is 4.90 Å². The van der Waals surface area contributed by atoms with Crippen molar-refractivity contribution in [2.24, 2.45) is 11.3 Å². The third-order valence-electron chi connectivity index (χ3n) is 8.87. The van der Waals surface area contributed by atoms with Gasteiger partial charge in [-0.05, 0) is 66.1 Å². The fourth-order valence-corrected chi connectivity index (χ4v) is 5.84. The Bertz CT molecular complexity index is 1720. The number of rotatable bonds is 16. The van der Waals surface area contributed by atoms with Crippen molar-refractivity contribution in [2.75, 3.05) is 38.1 Å². The van der Waals surface area contributed by atoms with Crippen molar-refractivity contribution in [1.82, 2.24) is 5.32 Å². The Morgan fingerprint density at radius 3 is 1.54 bits per heavy atom. The molecule has 0 saturated heterocycles. The molecule has 9 heteroatoms. The molecule has 262 valence electrons. The van der Waals surface area contributed by atoms with Gasteiger partial charge < -0.3 is 24.6 Å². The second-order valence-electron chi connectivity index (χ2n) is 13.1. The highest BCUT2D eigenvalue weighted by molar-refractivity contribution is 6.01. The van der Waals surface area contributed by atoms with Crippen LogP contribution in [0.1, 0.15) is 37.8 Å². The molecule has 2 atom stereocenters. The van der Waals surface area contributed by atoms with Gasteiger partial charge in [0, 0.05) is 50.7 Å². The second-order valence-corrected chi connectivity index (χ2v) is 13.1. The number of benzene rings is 4. The number of ketones is 1. The van der Waals surface area contributed by atoms with Gasteiger partial charge in [0.2, 0.25) is 17.7 Å². The lowest BCUT2D eigenvalue weighted by atomic mass is 9.82. The molecule has 4 rings (SSSR count). The summed E-state index contributed by atoms with van der Waals surface area (Å²) in [5.74, 6) is -0.467. The van der Waals surface area contributed by atoms with Gasteiger partial charge in [0.05, 0.1) is 19.6 Å². The number of hydrogen-bond acceptors (Lipinski definition) is 6. The van der Waals surface area contributed by atoms with E-state index in [1.807, 2.05) is 60.7 Å². The van der Waals surface area contributed by atoms with Gasteiger partial charge in [-0.25, -0.2) is 0 Å². The van der Waals surface area contributed by atoms with Crippen LogP contribution in [0, 0.1) is 11.3 Å². The molecule has 0 aliphatic rings. The Labute approximate surface area is 295 Å². The molecule has 4 aromatic carbocycles. The summed E-state index contributed by atoms with van der Waals surface area (Å²) in [5, 5.41) is 2.96. The molecular formula is C41H47N3O6. The molecule has 3 amide bonds. The molecule has 0 radical (unpaired) electrons. The van der Waals surface area contributed by atoms with E-state index >= 15 is 0 Å². The van der Waals surface area contributed by atoms with Gasteiger partial charge in [0.15, 0.2) is 0 Å². The van der Waals surface area contributed by atoms with Crippen LogP contribution in [0.3, 0.4) is 0 Å². The molecule has 9 nitrogen and oxygen atoms in total. The minimum atomic E-state index is -1.16. The zero-order valence-electron chi connectivity index (χ0n) is 29.7. The molecule has 0 aromatic heterocycles. The average Bonchev–Trinajstić information content (AvgIpc) is 3.13. The van der Waals surface area contributed by atoms with Crippen molar-refractivity contribution in [3.63, 3.8) is 0 Å². The first-order valence-electron chi connectivity index (χ1n) is 16.7. The SMILES string of the molecule is COc1ccc(N(C)C(=O)[C@@H](CC(=O)CC(C)(C)C(=O)N[C@@H](Cc2ccccc2)C(=O)N(C)c2ccc(OC)cc2)Cc2ccccc2)cc1. The highest BCUT2D eigenvalue weighted by Gasteiger charge is 2.36. The van der Waals surface area contributed by atoms with Gasteiger partial charge in [0.1, 0.15) is 23.3 Å². The lowest BCUT2D eigenvalue weighted by molar-refractivity contribution is -0.137. The maximum Gasteiger partial charge on any atom is 0.249 e. The lowest BCUT2D eigenvalue weighted by Gasteiger charge is -2.30. The third-order valence-corrected chi connectivity index (χ3v) is 8.87. The van der Waals surface area contributed by atoms with Gasteiger partial charge in [-0.2, -0.15) is 0 Å². The molecular weight excluding hydrogens is 630 g/mol. The summed E-state index contributed by atoms with van der Waals surface area (Å²) in [6.07, 6.45) is 0.479. The van der Waals surface area contributed by atoms with Crippen LogP contribution in [0.2, 0.25) is 0 Å². The summed E-state index contributed by atoms with van der Waals surface area (Å²) in [6.45, 7) is 3.38. The van der Waals surface area contributed by atoms with Crippen molar-refractivity contribution < 1.29 is 28.7 Å². The quantitative estimate of drug-likeness (QED) is 0.150. The number of ether oxygens (including phenoxy) is 2. The Kier molecular flexibility index (Phi) is 12.9. The van der Waals surface area contributed by atoms with Crippen LogP contribution in [-0.4, -0.2) is 57.9 Å². The minimum Gasteiger partial charge on any atom is -0.497 e. The first-order chi connectivity index (χ1) is 23.9. The zero-order chi connectivity index (χ0) is 36.3. The van der Waals surface area contributed by atoms with Crippen LogP contribution in [0.5, 0.6) is 11.5 Å². The molecule has 50 heavy (non-hydrogen) atoms. The number of carbonyl (C=O) groups excluding carboxylic acids is 4. The number of likely N-dealkylation sites (N-methyl/N-ethyl adjacent to an activating group) is 1. The highest BCUT2D eigenvalue weighted by atomic mass is 16.5. The van der Waals surface area contributed by atoms with Gasteiger partial charge in [0.25, 0.3) is 0 Å². The van der Waals surface area contributed by atoms with Crippen LogP contribution in [0.15, 0.2) is 109 Å². The van der Waals surface area contributed by atoms with E-state index in [1.54, 1.807) is 95.6 Å². The number of carbonyl (C=O) groups is 4. The van der Waals surface area contributed by atoms with Crippen molar-refractivity contribution in [1.29, 1.82) is 0 Å². The Morgan fingerprint density at radius 2 is 1.08 bits per heavy atom. The molecule has 0 aliphatic heterocycles. The monoisotopic (exact) mass is 677 g/mol. The van der Waals surface area contributed by atoms with Gasteiger partial charge in [-0.1, -0.05) is 74.5 Å². The van der Waals surface area contributed by atoms with E-state index in [-0.39, 0.29) is 36.9 Å². The molecule has 0 heterocycles. The molecule has 4 aromatic rings. The van der Waals surface area contributed by atoms with Crippen LogP contribution in [-0.2, 0) is 32.0 Å². The highest BCUT2D eigenvalue weighted by Crippen LogP contribution is 2.28. The predicted molar refractivity (Wildman–Crippen MR) is 197 cm³/mol. The van der Waals surface area contributed by atoms with Gasteiger partial charge in [-0.15, -0.1) is 0 Å². The summed E-state index contributed by atoms with van der Waals surface area (Å²) < 4.78 is 10.5.